The summed E-state index contributed by atoms with van der Waals surface area (Å²) in [5.74, 6) is -0.190. The number of sulfone groups is 1. The Bertz CT molecular complexity index is 1200. The summed E-state index contributed by atoms with van der Waals surface area (Å²) in [6.45, 7) is 4.44. The summed E-state index contributed by atoms with van der Waals surface area (Å²) >= 11 is 2.72. The number of benzene rings is 1. The highest BCUT2D eigenvalue weighted by molar-refractivity contribution is 7.92. The number of rotatable bonds is 9. The molecule has 32 heavy (non-hydrogen) atoms. The summed E-state index contributed by atoms with van der Waals surface area (Å²) in [5.41, 5.74) is -3.45. The molecule has 0 bridgehead atoms. The number of ether oxygens (including phenoxy) is 1. The van der Waals surface area contributed by atoms with Crippen LogP contribution in [0.3, 0.4) is 0 Å². The van der Waals surface area contributed by atoms with Gasteiger partial charge in [-0.05, 0) is 31.0 Å². The van der Waals surface area contributed by atoms with Crippen LogP contribution in [0.2, 0.25) is 0 Å². The Balaban J connectivity index is 1.64. The molecule has 0 aliphatic heterocycles. The number of nitrogens with zero attached hydrogens (tertiary/aromatic N) is 2. The topological polar surface area (TPSA) is 86.2 Å². The molecule has 0 fully saturated rings. The molecule has 3 aromatic rings. The molecule has 0 atom stereocenters. The van der Waals surface area contributed by atoms with Crippen LogP contribution >= 0.6 is 22.7 Å². The second-order valence-electron chi connectivity index (χ2n) is 6.85. The number of aromatic nitrogens is 2. The lowest BCUT2D eigenvalue weighted by Gasteiger charge is -2.08. The predicted molar refractivity (Wildman–Crippen MR) is 116 cm³/mol. The number of ketones is 1. The van der Waals surface area contributed by atoms with Gasteiger partial charge in [0.25, 0.3) is 15.0 Å². The molecule has 0 amide bonds. The molecule has 2 heterocycles. The minimum atomic E-state index is -5.41. The zero-order valence-corrected chi connectivity index (χ0v) is 19.6. The lowest BCUT2D eigenvalue weighted by molar-refractivity contribution is -0.117. The number of thiazole rings is 2. The number of halogens is 3. The van der Waals surface area contributed by atoms with Gasteiger partial charge in [0.05, 0.1) is 34.2 Å². The summed E-state index contributed by atoms with van der Waals surface area (Å²) in [6.07, 6.45) is 0.887. The Morgan fingerprint density at radius 3 is 2.44 bits per heavy atom. The Labute approximate surface area is 191 Å². The van der Waals surface area contributed by atoms with Crippen LogP contribution in [0.1, 0.15) is 29.6 Å². The van der Waals surface area contributed by atoms with Crippen LogP contribution in [0.4, 0.5) is 13.2 Å². The highest BCUT2D eigenvalue weighted by Gasteiger charge is 2.46. The first-order valence-electron chi connectivity index (χ1n) is 9.48. The molecule has 0 N–H and O–H groups in total. The van der Waals surface area contributed by atoms with Gasteiger partial charge in [0.1, 0.15) is 10.8 Å². The largest absolute Gasteiger partial charge is 0.501 e. The second kappa shape index (κ2) is 9.67. The molecule has 2 aromatic heterocycles. The van der Waals surface area contributed by atoms with Gasteiger partial charge in [0, 0.05) is 11.8 Å². The lowest BCUT2D eigenvalue weighted by Crippen LogP contribution is -2.23. The van der Waals surface area contributed by atoms with Crippen molar-refractivity contribution in [3.05, 3.63) is 45.9 Å². The van der Waals surface area contributed by atoms with Gasteiger partial charge < -0.3 is 4.74 Å². The fraction of sp³-hybridized carbons (Fsp3) is 0.350. The maximum atomic E-state index is 12.6. The van der Waals surface area contributed by atoms with E-state index in [2.05, 4.69) is 9.97 Å². The van der Waals surface area contributed by atoms with Crippen LogP contribution in [0.5, 0.6) is 5.19 Å². The first kappa shape index (κ1) is 24.3. The maximum Gasteiger partial charge on any atom is 0.501 e. The van der Waals surface area contributed by atoms with Crippen molar-refractivity contribution in [1.82, 2.24) is 9.97 Å². The van der Waals surface area contributed by atoms with Crippen LogP contribution in [0, 0.1) is 6.92 Å². The summed E-state index contributed by atoms with van der Waals surface area (Å²) in [6, 6.07) is 4.14. The molecule has 0 aliphatic rings. The van der Waals surface area contributed by atoms with Crippen LogP contribution in [-0.4, -0.2) is 36.3 Å². The van der Waals surface area contributed by atoms with Crippen molar-refractivity contribution in [2.24, 2.45) is 0 Å². The van der Waals surface area contributed by atoms with Gasteiger partial charge in [-0.25, -0.2) is 18.4 Å². The molecule has 172 valence electrons. The third-order valence-corrected chi connectivity index (χ3v) is 7.72. The molecular weight excluding hydrogens is 485 g/mol. The quantitative estimate of drug-likeness (QED) is 0.407. The standard InChI is InChI=1S/C20H19F3N2O4S3/c1-3-8-29-19-24-12(2)18(31-19)16-11-30-17(25-16)10-14(26)9-13-4-6-15(7-5-13)32(27,28)20(21,22)23/h4-7,11H,3,8-10H2,1-2H3. The average Bonchev–Trinajstić information content (AvgIpc) is 3.32. The fourth-order valence-electron chi connectivity index (χ4n) is 2.74. The first-order valence-corrected chi connectivity index (χ1v) is 12.7. The third-order valence-electron chi connectivity index (χ3n) is 4.28. The minimum Gasteiger partial charge on any atom is -0.470 e. The highest BCUT2D eigenvalue weighted by Crippen LogP contribution is 2.35. The minimum absolute atomic E-state index is 0.0458. The van der Waals surface area contributed by atoms with E-state index in [1.54, 1.807) is 0 Å². The summed E-state index contributed by atoms with van der Waals surface area (Å²) in [7, 11) is -5.41. The number of Topliss-reactive ketones (excluding diaryl/α,β-unsaturated/α-hetero) is 1. The molecule has 6 nitrogen and oxygen atoms in total. The number of carbonyl (C=O) groups is 1. The van der Waals surface area contributed by atoms with Crippen LogP contribution in [0.25, 0.3) is 10.6 Å². The zero-order valence-electron chi connectivity index (χ0n) is 17.1. The lowest BCUT2D eigenvalue weighted by atomic mass is 10.1. The average molecular weight is 505 g/mol. The molecule has 1 aromatic carbocycles. The van der Waals surface area contributed by atoms with E-state index in [1.807, 2.05) is 19.2 Å². The van der Waals surface area contributed by atoms with Crippen LogP contribution < -0.4 is 4.74 Å². The van der Waals surface area contributed by atoms with Gasteiger partial charge in [-0.1, -0.05) is 30.4 Å². The molecule has 0 saturated carbocycles. The SMILES string of the molecule is CCCOc1nc(C)c(-c2csc(CC(=O)Cc3ccc(S(=O)(=O)C(F)(F)F)cc3)n2)s1. The van der Waals surface area contributed by atoms with Crippen molar-refractivity contribution in [3.8, 4) is 15.8 Å². The monoisotopic (exact) mass is 504 g/mol. The van der Waals surface area contributed by atoms with E-state index >= 15 is 0 Å². The zero-order chi connectivity index (χ0) is 23.5. The fourth-order valence-corrected chi connectivity index (χ4v) is 5.29. The molecule has 0 aliphatic carbocycles. The van der Waals surface area contributed by atoms with Gasteiger partial charge in [0.2, 0.25) is 0 Å². The van der Waals surface area contributed by atoms with Crippen LogP contribution in [0.15, 0.2) is 34.5 Å². The summed E-state index contributed by atoms with van der Waals surface area (Å²) in [4.78, 5) is 21.3. The van der Waals surface area contributed by atoms with Gasteiger partial charge in [0.15, 0.2) is 0 Å². The van der Waals surface area contributed by atoms with Crippen molar-refractivity contribution in [2.45, 2.75) is 43.5 Å². The van der Waals surface area contributed by atoms with Crippen LogP contribution in [-0.2, 0) is 27.5 Å². The Hall–Kier alpha value is -2.31. The van der Waals surface area contributed by atoms with Crippen molar-refractivity contribution in [3.63, 3.8) is 0 Å². The Kier molecular flexibility index (Phi) is 7.36. The van der Waals surface area contributed by atoms with Crippen molar-refractivity contribution >= 4 is 38.3 Å². The second-order valence-corrected chi connectivity index (χ2v) is 10.7. The van der Waals surface area contributed by atoms with E-state index in [1.165, 1.54) is 34.8 Å². The molecule has 0 radical (unpaired) electrons. The van der Waals surface area contributed by atoms with E-state index in [0.29, 0.717) is 28.1 Å². The maximum absolute atomic E-state index is 12.6. The third kappa shape index (κ3) is 5.54. The molecular formula is C20H19F3N2O4S3. The van der Waals surface area contributed by atoms with E-state index in [-0.39, 0.29) is 18.6 Å². The van der Waals surface area contributed by atoms with Crippen molar-refractivity contribution in [2.75, 3.05) is 6.61 Å². The van der Waals surface area contributed by atoms with Gasteiger partial charge in [-0.2, -0.15) is 13.2 Å². The van der Waals surface area contributed by atoms with Crippen molar-refractivity contribution in [1.29, 1.82) is 0 Å². The number of hydrogen-bond acceptors (Lipinski definition) is 8. The Morgan fingerprint density at radius 2 is 1.81 bits per heavy atom. The molecule has 3 rings (SSSR count). The molecule has 0 unspecified atom stereocenters. The smallest absolute Gasteiger partial charge is 0.470 e. The predicted octanol–water partition coefficient (Wildman–Crippen LogP) is 5.01. The van der Waals surface area contributed by atoms with E-state index in [4.69, 9.17) is 4.74 Å². The summed E-state index contributed by atoms with van der Waals surface area (Å²) in [5, 5.41) is 3.01. The molecule has 0 spiro atoms. The Morgan fingerprint density at radius 1 is 1.12 bits per heavy atom. The molecule has 12 heteroatoms. The van der Waals surface area contributed by atoms with E-state index in [9.17, 15) is 26.4 Å². The van der Waals surface area contributed by atoms with E-state index in [0.717, 1.165) is 29.1 Å². The number of carbonyl (C=O) groups excluding carboxylic acids is 1. The van der Waals surface area contributed by atoms with E-state index < -0.39 is 20.2 Å². The molecule has 0 saturated heterocycles. The van der Waals surface area contributed by atoms with Gasteiger partial charge >= 0.3 is 5.51 Å². The van der Waals surface area contributed by atoms with Gasteiger partial charge in [-0.15, -0.1) is 11.3 Å². The van der Waals surface area contributed by atoms with Gasteiger partial charge in [-0.3, -0.25) is 4.79 Å². The van der Waals surface area contributed by atoms with Crippen molar-refractivity contribution < 1.29 is 31.1 Å². The number of aryl methyl sites for hydroxylation is 1. The summed E-state index contributed by atoms with van der Waals surface area (Å²) < 4.78 is 66.2. The first-order chi connectivity index (χ1) is 15.0. The number of hydrogen-bond donors (Lipinski definition) is 0. The normalized spacial score (nSPS) is 12.2. The number of alkyl halides is 3. The highest BCUT2D eigenvalue weighted by atomic mass is 32.2.